The smallest absolute Gasteiger partial charge is 0.160 e. The monoisotopic (exact) mass is 738 g/mol. The molecule has 58 heavy (non-hydrogen) atoms. The maximum Gasteiger partial charge on any atom is 0.160 e. The minimum Gasteiger partial charge on any atom is -0.454 e. The maximum absolute atomic E-state index is 6.71. The average molecular weight is 739 g/mol. The van der Waals surface area contributed by atoms with Crippen LogP contribution in [0, 0.1) is 0 Å². The van der Waals surface area contributed by atoms with Crippen molar-refractivity contribution in [2.75, 3.05) is 0 Å². The minimum absolute atomic E-state index is 0.446. The van der Waals surface area contributed by atoms with Crippen LogP contribution in [-0.4, -0.2) is 9.13 Å². The standard InChI is InChI=1S/C55H34N2O/c1-3-15-35(16-4-1)55(47-23-11-7-19-39(47)40-20-8-12-24-48(40)55)36-27-29-38(30-28-36)56-49-25-13-9-21-41(49)45-33-46-43-31-32-44-42-22-10-14-26-52(42)58-54(44)53(43)57(51(46)34-50(45)56)37-17-5-2-6-18-37/h1-34H. The van der Waals surface area contributed by atoms with E-state index >= 15 is 0 Å². The normalized spacial score (nSPS) is 13.3. The van der Waals surface area contributed by atoms with E-state index < -0.39 is 5.41 Å². The highest BCUT2D eigenvalue weighted by molar-refractivity contribution is 6.24. The van der Waals surface area contributed by atoms with Gasteiger partial charge in [-0.05, 0) is 88.0 Å². The first-order valence-corrected chi connectivity index (χ1v) is 20.0. The van der Waals surface area contributed by atoms with Crippen molar-refractivity contribution >= 4 is 65.6 Å². The second-order valence-electron chi connectivity index (χ2n) is 15.6. The third kappa shape index (κ3) is 4.07. The van der Waals surface area contributed by atoms with Crippen LogP contribution < -0.4 is 0 Å². The Hall–Kier alpha value is -7.62. The lowest BCUT2D eigenvalue weighted by atomic mass is 9.68. The third-order valence-electron chi connectivity index (χ3n) is 12.8. The number of nitrogens with zero attached hydrogens (tertiary/aromatic N) is 2. The molecule has 1 aliphatic rings. The lowest BCUT2D eigenvalue weighted by Crippen LogP contribution is -2.28. The maximum atomic E-state index is 6.71. The van der Waals surface area contributed by atoms with Crippen LogP contribution in [0.2, 0.25) is 0 Å². The Labute approximate surface area is 334 Å². The molecule has 0 bridgehead atoms. The van der Waals surface area contributed by atoms with Gasteiger partial charge in [-0.3, -0.25) is 0 Å². The van der Waals surface area contributed by atoms with Gasteiger partial charge in [-0.1, -0.05) is 152 Å². The molecule has 270 valence electrons. The van der Waals surface area contributed by atoms with Crippen LogP contribution in [0.25, 0.3) is 88.1 Å². The number of furan rings is 1. The predicted molar refractivity (Wildman–Crippen MR) is 240 cm³/mol. The van der Waals surface area contributed by atoms with E-state index in [1.54, 1.807) is 0 Å². The first-order chi connectivity index (χ1) is 28.8. The van der Waals surface area contributed by atoms with Crippen molar-refractivity contribution in [3.05, 3.63) is 229 Å². The van der Waals surface area contributed by atoms with Crippen molar-refractivity contribution < 1.29 is 4.42 Å². The summed E-state index contributed by atoms with van der Waals surface area (Å²) in [5.74, 6) is 0. The molecular weight excluding hydrogens is 705 g/mol. The Balaban J connectivity index is 1.09. The summed E-state index contributed by atoms with van der Waals surface area (Å²) in [6, 6.07) is 75.5. The molecule has 0 radical (unpaired) electrons. The van der Waals surface area contributed by atoms with Gasteiger partial charge in [0.25, 0.3) is 0 Å². The Kier molecular flexibility index (Phi) is 6.37. The second-order valence-corrected chi connectivity index (χ2v) is 15.6. The molecule has 0 saturated heterocycles. The Morgan fingerprint density at radius 2 is 0.897 bits per heavy atom. The van der Waals surface area contributed by atoms with Gasteiger partial charge in [0.05, 0.1) is 27.5 Å². The lowest BCUT2D eigenvalue weighted by molar-refractivity contribution is 0.671. The van der Waals surface area contributed by atoms with Gasteiger partial charge in [0.15, 0.2) is 5.58 Å². The molecule has 0 saturated carbocycles. The van der Waals surface area contributed by atoms with E-state index in [1.807, 2.05) is 6.07 Å². The molecule has 9 aromatic carbocycles. The van der Waals surface area contributed by atoms with Gasteiger partial charge in [-0.2, -0.15) is 0 Å². The van der Waals surface area contributed by atoms with E-state index in [-0.39, 0.29) is 0 Å². The molecule has 3 nitrogen and oxygen atoms in total. The van der Waals surface area contributed by atoms with E-state index in [9.17, 15) is 0 Å². The number of benzene rings is 9. The van der Waals surface area contributed by atoms with Crippen LogP contribution in [-0.2, 0) is 5.41 Å². The molecule has 3 heteroatoms. The molecule has 1 aliphatic carbocycles. The largest absolute Gasteiger partial charge is 0.454 e. The predicted octanol–water partition coefficient (Wildman–Crippen LogP) is 14.1. The van der Waals surface area contributed by atoms with Crippen molar-refractivity contribution in [2.24, 2.45) is 0 Å². The molecule has 0 amide bonds. The van der Waals surface area contributed by atoms with Gasteiger partial charge in [0.1, 0.15) is 5.58 Å². The SMILES string of the molecule is c1ccc(-n2c3cc4c(cc3c3ccc5c6ccccc6oc5c32)c2ccccc2n4-c2ccc(C3(c4ccccc4)c4ccccc4-c4ccccc43)cc2)cc1. The summed E-state index contributed by atoms with van der Waals surface area (Å²) >= 11 is 0. The highest BCUT2D eigenvalue weighted by atomic mass is 16.3. The summed E-state index contributed by atoms with van der Waals surface area (Å²) in [5.41, 5.74) is 15.9. The molecule has 12 aromatic rings. The number of rotatable bonds is 4. The van der Waals surface area contributed by atoms with E-state index in [1.165, 1.54) is 60.4 Å². The fraction of sp³-hybridized carbons (Fsp3) is 0.0182. The van der Waals surface area contributed by atoms with Gasteiger partial charge in [-0.25, -0.2) is 0 Å². The Morgan fingerprint density at radius 3 is 1.66 bits per heavy atom. The lowest BCUT2D eigenvalue weighted by Gasteiger charge is -2.34. The average Bonchev–Trinajstić information content (AvgIpc) is 4.02. The second kappa shape index (κ2) is 11.7. The van der Waals surface area contributed by atoms with Crippen LogP contribution in [0.1, 0.15) is 22.3 Å². The summed E-state index contributed by atoms with van der Waals surface area (Å²) < 4.78 is 11.6. The first kappa shape index (κ1) is 31.6. The number of hydrogen-bond acceptors (Lipinski definition) is 1. The summed E-state index contributed by atoms with van der Waals surface area (Å²) in [4.78, 5) is 0. The molecule has 0 fully saturated rings. The van der Waals surface area contributed by atoms with Gasteiger partial charge in [-0.15, -0.1) is 0 Å². The van der Waals surface area contributed by atoms with Crippen LogP contribution in [0.3, 0.4) is 0 Å². The fourth-order valence-electron chi connectivity index (χ4n) is 10.4. The number of fused-ring (bicyclic) bond motifs is 13. The van der Waals surface area contributed by atoms with Crippen LogP contribution in [0.4, 0.5) is 0 Å². The van der Waals surface area contributed by atoms with Crippen LogP contribution >= 0.6 is 0 Å². The van der Waals surface area contributed by atoms with Crippen LogP contribution in [0.15, 0.2) is 211 Å². The van der Waals surface area contributed by atoms with Crippen molar-refractivity contribution in [1.82, 2.24) is 9.13 Å². The van der Waals surface area contributed by atoms with Gasteiger partial charge in [0, 0.05) is 43.7 Å². The molecule has 0 unspecified atom stereocenters. The molecular formula is C55H34N2O. The molecule has 3 aromatic heterocycles. The van der Waals surface area contributed by atoms with Crippen molar-refractivity contribution in [3.8, 4) is 22.5 Å². The van der Waals surface area contributed by atoms with E-state index in [2.05, 4.69) is 209 Å². The fourth-order valence-corrected chi connectivity index (χ4v) is 10.4. The Bertz CT molecular complexity index is 3560. The molecule has 3 heterocycles. The first-order valence-electron chi connectivity index (χ1n) is 20.0. The van der Waals surface area contributed by atoms with Gasteiger partial charge < -0.3 is 13.6 Å². The zero-order valence-corrected chi connectivity index (χ0v) is 31.4. The van der Waals surface area contributed by atoms with Crippen LogP contribution in [0.5, 0.6) is 0 Å². The van der Waals surface area contributed by atoms with E-state index in [4.69, 9.17) is 4.42 Å². The van der Waals surface area contributed by atoms with Gasteiger partial charge >= 0.3 is 0 Å². The summed E-state index contributed by atoms with van der Waals surface area (Å²) in [6.07, 6.45) is 0. The zero-order valence-electron chi connectivity index (χ0n) is 31.4. The van der Waals surface area contributed by atoms with Gasteiger partial charge in [0.2, 0.25) is 0 Å². The molecule has 0 aliphatic heterocycles. The highest BCUT2D eigenvalue weighted by Gasteiger charge is 2.45. The molecule has 0 N–H and O–H groups in total. The quantitative estimate of drug-likeness (QED) is 0.176. The molecule has 0 spiro atoms. The number of aromatic nitrogens is 2. The molecule has 13 rings (SSSR count). The zero-order chi connectivity index (χ0) is 38.0. The summed E-state index contributed by atoms with van der Waals surface area (Å²) in [6.45, 7) is 0. The van der Waals surface area contributed by atoms with E-state index in [0.717, 1.165) is 49.9 Å². The summed E-state index contributed by atoms with van der Waals surface area (Å²) in [5, 5.41) is 7.10. The summed E-state index contributed by atoms with van der Waals surface area (Å²) in [7, 11) is 0. The molecule has 0 atom stereocenters. The van der Waals surface area contributed by atoms with Crippen molar-refractivity contribution in [3.63, 3.8) is 0 Å². The third-order valence-corrected chi connectivity index (χ3v) is 12.8. The number of para-hydroxylation sites is 3. The van der Waals surface area contributed by atoms with Crippen molar-refractivity contribution in [2.45, 2.75) is 5.41 Å². The van der Waals surface area contributed by atoms with Crippen molar-refractivity contribution in [1.29, 1.82) is 0 Å². The number of hydrogen-bond donors (Lipinski definition) is 0. The minimum atomic E-state index is -0.446. The van der Waals surface area contributed by atoms with E-state index in [0.29, 0.717) is 0 Å². The highest BCUT2D eigenvalue weighted by Crippen LogP contribution is 2.56. The topological polar surface area (TPSA) is 23.0 Å². The Morgan fingerprint density at radius 1 is 0.345 bits per heavy atom.